The molecule has 1 atom stereocenters. The number of aromatic nitrogens is 2. The molecule has 2 aromatic rings. The lowest BCUT2D eigenvalue weighted by Gasteiger charge is -2.43. The van der Waals surface area contributed by atoms with Gasteiger partial charge >= 0.3 is 6.18 Å². The number of halogens is 3. The van der Waals surface area contributed by atoms with Crippen molar-refractivity contribution in [1.29, 1.82) is 0 Å². The summed E-state index contributed by atoms with van der Waals surface area (Å²) in [5.41, 5.74) is -1.65. The van der Waals surface area contributed by atoms with E-state index in [9.17, 15) is 23.1 Å². The molecule has 1 saturated carbocycles. The van der Waals surface area contributed by atoms with Gasteiger partial charge in [0.15, 0.2) is 0 Å². The topological polar surface area (TPSA) is 63.1 Å². The molecule has 3 rings (SSSR count). The van der Waals surface area contributed by atoms with E-state index < -0.39 is 23.3 Å². The molecule has 0 aromatic carbocycles. The van der Waals surface area contributed by atoms with Crippen LogP contribution in [0.4, 0.5) is 13.2 Å². The molecule has 1 N–H and O–H groups in total. The molecule has 2 heterocycles. The molecule has 0 saturated heterocycles. The van der Waals surface area contributed by atoms with Gasteiger partial charge in [-0.1, -0.05) is 6.07 Å². The van der Waals surface area contributed by atoms with Crippen LogP contribution in [-0.4, -0.2) is 20.9 Å². The van der Waals surface area contributed by atoms with E-state index in [0.29, 0.717) is 5.69 Å². The van der Waals surface area contributed by atoms with Crippen molar-refractivity contribution in [1.82, 2.24) is 9.97 Å². The van der Waals surface area contributed by atoms with Crippen LogP contribution in [-0.2, 0) is 16.4 Å². The molecule has 23 heavy (non-hydrogen) atoms. The van der Waals surface area contributed by atoms with Crippen molar-refractivity contribution in [2.75, 3.05) is 0 Å². The minimum absolute atomic E-state index is 0.0565. The average molecular weight is 322 g/mol. The zero-order chi connectivity index (χ0) is 16.7. The van der Waals surface area contributed by atoms with Crippen molar-refractivity contribution < 1.29 is 23.1 Å². The number of alkyl halides is 3. The van der Waals surface area contributed by atoms with Gasteiger partial charge in [0, 0.05) is 25.2 Å². The number of pyridine rings is 2. The van der Waals surface area contributed by atoms with Crippen molar-refractivity contribution in [2.45, 2.75) is 30.5 Å². The lowest BCUT2D eigenvalue weighted by molar-refractivity contribution is -0.138. The van der Waals surface area contributed by atoms with Crippen LogP contribution >= 0.6 is 0 Å². The zero-order valence-electron chi connectivity index (χ0n) is 11.9. The summed E-state index contributed by atoms with van der Waals surface area (Å²) in [4.78, 5) is 19.5. The highest BCUT2D eigenvalue weighted by Crippen LogP contribution is 2.49. The molecule has 0 spiro atoms. The summed E-state index contributed by atoms with van der Waals surface area (Å²) in [6, 6.07) is 6.67. The number of aliphatic hydroxyl groups excluding tert-OH is 1. The summed E-state index contributed by atoms with van der Waals surface area (Å²) in [7, 11) is 0. The van der Waals surface area contributed by atoms with E-state index >= 15 is 0 Å². The molecule has 0 bridgehead atoms. The van der Waals surface area contributed by atoms with Crippen LogP contribution in [0.15, 0.2) is 42.7 Å². The molecule has 7 heteroatoms. The third-order valence-electron chi connectivity index (χ3n) is 4.11. The van der Waals surface area contributed by atoms with Gasteiger partial charge < -0.3 is 5.11 Å². The molecule has 120 valence electrons. The van der Waals surface area contributed by atoms with Crippen LogP contribution in [0.1, 0.15) is 35.9 Å². The first-order chi connectivity index (χ1) is 10.8. The van der Waals surface area contributed by atoms with E-state index in [-0.39, 0.29) is 24.3 Å². The summed E-state index contributed by atoms with van der Waals surface area (Å²) in [6.07, 6.45) is -3.29. The van der Waals surface area contributed by atoms with Crippen LogP contribution in [0.3, 0.4) is 0 Å². The molecule has 0 amide bonds. The summed E-state index contributed by atoms with van der Waals surface area (Å²) < 4.78 is 38.7. The fraction of sp³-hybridized carbons (Fsp3) is 0.312. The zero-order valence-corrected chi connectivity index (χ0v) is 11.9. The normalized spacial score (nSPS) is 18.3. The predicted octanol–water partition coefficient (Wildman–Crippen LogP) is 2.83. The Hall–Kier alpha value is -2.28. The maximum atomic E-state index is 12.9. The standard InChI is InChI=1S/C16H13F3N2O2/c17-16(18,19)10-4-6-21-13(7-10)15(8-11(22)9-15)14(23)12-3-1-2-5-20-12/h1-7,14,23H,8-9H2. The Morgan fingerprint density at radius 2 is 1.87 bits per heavy atom. The highest BCUT2D eigenvalue weighted by Gasteiger charge is 2.52. The van der Waals surface area contributed by atoms with E-state index in [0.717, 1.165) is 18.3 Å². The van der Waals surface area contributed by atoms with Gasteiger partial charge in [0.05, 0.1) is 22.4 Å². The second-order valence-electron chi connectivity index (χ2n) is 5.63. The first kappa shape index (κ1) is 15.6. The molecule has 2 aromatic heterocycles. The average Bonchev–Trinajstić information content (AvgIpc) is 2.51. The van der Waals surface area contributed by atoms with Crippen molar-refractivity contribution in [3.8, 4) is 0 Å². The number of Topliss-reactive ketones (excluding diaryl/α,β-unsaturated/α-hetero) is 1. The van der Waals surface area contributed by atoms with Gasteiger partial charge in [0.1, 0.15) is 11.9 Å². The molecule has 0 radical (unpaired) electrons. The molecular formula is C16H13F3N2O2. The first-order valence-electron chi connectivity index (χ1n) is 6.97. The number of hydrogen-bond donors (Lipinski definition) is 1. The minimum atomic E-state index is -4.51. The molecular weight excluding hydrogens is 309 g/mol. The highest BCUT2D eigenvalue weighted by molar-refractivity contribution is 5.88. The summed E-state index contributed by atoms with van der Waals surface area (Å²) in [5.74, 6) is -0.126. The van der Waals surface area contributed by atoms with Gasteiger partial charge in [0.2, 0.25) is 0 Å². The van der Waals surface area contributed by atoms with E-state index in [1.807, 2.05) is 0 Å². The fourth-order valence-electron chi connectivity index (χ4n) is 2.87. The number of carbonyl (C=O) groups is 1. The van der Waals surface area contributed by atoms with E-state index in [4.69, 9.17) is 0 Å². The van der Waals surface area contributed by atoms with E-state index in [1.165, 1.54) is 6.20 Å². The quantitative estimate of drug-likeness (QED) is 0.944. The lowest BCUT2D eigenvalue weighted by atomic mass is 9.61. The third-order valence-corrected chi connectivity index (χ3v) is 4.11. The smallest absolute Gasteiger partial charge is 0.386 e. The monoisotopic (exact) mass is 322 g/mol. The van der Waals surface area contributed by atoms with E-state index in [1.54, 1.807) is 18.2 Å². The van der Waals surface area contributed by atoms with Gasteiger partial charge in [0.25, 0.3) is 0 Å². The number of aliphatic hydroxyl groups is 1. The molecule has 1 aliphatic rings. The van der Waals surface area contributed by atoms with Crippen LogP contribution in [0.5, 0.6) is 0 Å². The van der Waals surface area contributed by atoms with Crippen LogP contribution in [0.2, 0.25) is 0 Å². The van der Waals surface area contributed by atoms with Crippen molar-refractivity contribution in [2.24, 2.45) is 0 Å². The Bertz CT molecular complexity index is 724. The van der Waals surface area contributed by atoms with Crippen molar-refractivity contribution in [3.05, 3.63) is 59.7 Å². The van der Waals surface area contributed by atoms with Crippen molar-refractivity contribution in [3.63, 3.8) is 0 Å². The summed E-state index contributed by atoms with van der Waals surface area (Å²) >= 11 is 0. The Morgan fingerprint density at radius 1 is 1.13 bits per heavy atom. The van der Waals surface area contributed by atoms with Crippen LogP contribution in [0, 0.1) is 0 Å². The Labute approximate surface area is 130 Å². The molecule has 0 aliphatic heterocycles. The number of ketones is 1. The van der Waals surface area contributed by atoms with Gasteiger partial charge in [-0.15, -0.1) is 0 Å². The summed E-state index contributed by atoms with van der Waals surface area (Å²) in [5, 5.41) is 10.6. The Morgan fingerprint density at radius 3 is 2.43 bits per heavy atom. The van der Waals surface area contributed by atoms with Crippen molar-refractivity contribution >= 4 is 5.78 Å². The molecule has 1 aliphatic carbocycles. The summed E-state index contributed by atoms with van der Waals surface area (Å²) in [6.45, 7) is 0. The second-order valence-corrected chi connectivity index (χ2v) is 5.63. The fourth-order valence-corrected chi connectivity index (χ4v) is 2.87. The number of hydrogen-bond acceptors (Lipinski definition) is 4. The highest BCUT2D eigenvalue weighted by atomic mass is 19.4. The largest absolute Gasteiger partial charge is 0.416 e. The number of nitrogens with zero attached hydrogens (tertiary/aromatic N) is 2. The van der Waals surface area contributed by atoms with Gasteiger partial charge in [-0.05, 0) is 24.3 Å². The van der Waals surface area contributed by atoms with E-state index in [2.05, 4.69) is 9.97 Å². The Balaban J connectivity index is 2.04. The minimum Gasteiger partial charge on any atom is -0.386 e. The van der Waals surface area contributed by atoms with Gasteiger partial charge in [-0.25, -0.2) is 0 Å². The molecule has 4 nitrogen and oxygen atoms in total. The van der Waals surface area contributed by atoms with Gasteiger partial charge in [-0.3, -0.25) is 14.8 Å². The van der Waals surface area contributed by atoms with Gasteiger partial charge in [-0.2, -0.15) is 13.2 Å². The lowest BCUT2D eigenvalue weighted by Crippen LogP contribution is -2.47. The second kappa shape index (κ2) is 5.42. The number of rotatable bonds is 3. The SMILES string of the molecule is O=C1CC(c2cc(C(F)(F)F)ccn2)(C(O)c2ccccn2)C1. The predicted molar refractivity (Wildman–Crippen MR) is 74.4 cm³/mol. The van der Waals surface area contributed by atoms with Crippen LogP contribution < -0.4 is 0 Å². The third kappa shape index (κ3) is 2.72. The van der Waals surface area contributed by atoms with Crippen LogP contribution in [0.25, 0.3) is 0 Å². The maximum absolute atomic E-state index is 12.9. The molecule has 1 fully saturated rings. The molecule has 1 unspecified atom stereocenters. The Kier molecular flexibility index (Phi) is 3.68. The number of carbonyl (C=O) groups excluding carboxylic acids is 1. The maximum Gasteiger partial charge on any atom is 0.416 e. The first-order valence-corrected chi connectivity index (χ1v) is 6.97.